The molecule has 198 valence electrons. The maximum Gasteiger partial charge on any atom is 0.251 e. The highest BCUT2D eigenvalue weighted by Crippen LogP contribution is 2.30. The minimum absolute atomic E-state index is 0.0207. The molecule has 0 saturated carbocycles. The van der Waals surface area contributed by atoms with E-state index < -0.39 is 24.2 Å². The van der Waals surface area contributed by atoms with Gasteiger partial charge in [-0.3, -0.25) is 14.4 Å². The summed E-state index contributed by atoms with van der Waals surface area (Å²) in [5.74, 6) is -0.159. The number of amides is 2. The number of nitrogens with two attached hydrogens (primary N) is 1. The Kier molecular flexibility index (Phi) is 8.17. The SMILES string of the molecule is CCCN1CCC(c2ccc(C(=O)NC(CC(C)(C)C)C(=O)N3C[C@H](N)[C@H]4OCC(=O)[C@H]43)cc2)CC1. The molecule has 3 fully saturated rings. The van der Waals surface area contributed by atoms with Gasteiger partial charge in [-0.1, -0.05) is 39.8 Å². The maximum atomic E-state index is 13.6. The zero-order chi connectivity index (χ0) is 26.0. The van der Waals surface area contributed by atoms with Crippen molar-refractivity contribution in [1.29, 1.82) is 0 Å². The first-order valence-corrected chi connectivity index (χ1v) is 13.4. The number of ether oxygens (including phenoxy) is 1. The van der Waals surface area contributed by atoms with Crippen LogP contribution in [0.25, 0.3) is 0 Å². The number of hydrogen-bond acceptors (Lipinski definition) is 6. The quantitative estimate of drug-likeness (QED) is 0.598. The highest BCUT2D eigenvalue weighted by molar-refractivity contribution is 5.99. The van der Waals surface area contributed by atoms with Crippen LogP contribution >= 0.6 is 0 Å². The molecule has 3 aliphatic heterocycles. The zero-order valence-electron chi connectivity index (χ0n) is 22.2. The highest BCUT2D eigenvalue weighted by atomic mass is 16.5. The molecule has 3 heterocycles. The maximum absolute atomic E-state index is 13.6. The molecule has 0 spiro atoms. The number of benzene rings is 1. The lowest BCUT2D eigenvalue weighted by Gasteiger charge is -2.32. The van der Waals surface area contributed by atoms with Crippen LogP contribution < -0.4 is 11.1 Å². The Hall–Kier alpha value is -2.29. The Bertz CT molecular complexity index is 949. The first-order chi connectivity index (χ1) is 17.1. The van der Waals surface area contributed by atoms with Crippen LogP contribution in [0.1, 0.15) is 75.2 Å². The molecule has 8 nitrogen and oxygen atoms in total. The number of carbonyl (C=O) groups excluding carboxylic acids is 3. The summed E-state index contributed by atoms with van der Waals surface area (Å²) in [7, 11) is 0. The van der Waals surface area contributed by atoms with E-state index in [2.05, 4.69) is 17.1 Å². The lowest BCUT2D eigenvalue weighted by molar-refractivity contribution is -0.138. The van der Waals surface area contributed by atoms with Crippen molar-refractivity contribution >= 4 is 17.6 Å². The number of likely N-dealkylation sites (tertiary alicyclic amines) is 2. The molecule has 4 rings (SSSR count). The number of ketones is 1. The molecule has 3 N–H and O–H groups in total. The van der Waals surface area contributed by atoms with Gasteiger partial charge in [0.05, 0.1) is 6.04 Å². The molecule has 8 heteroatoms. The second-order valence-electron chi connectivity index (χ2n) is 11.9. The lowest BCUT2D eigenvalue weighted by atomic mass is 9.87. The molecule has 1 aromatic rings. The highest BCUT2D eigenvalue weighted by Gasteiger charge is 2.52. The van der Waals surface area contributed by atoms with E-state index in [-0.39, 0.29) is 36.2 Å². The molecule has 2 amide bonds. The van der Waals surface area contributed by atoms with E-state index in [1.54, 1.807) is 0 Å². The molecule has 0 bridgehead atoms. The van der Waals surface area contributed by atoms with Crippen LogP contribution in [0.5, 0.6) is 0 Å². The van der Waals surface area contributed by atoms with Crippen LogP contribution in [0.2, 0.25) is 0 Å². The van der Waals surface area contributed by atoms with Crippen molar-refractivity contribution in [1.82, 2.24) is 15.1 Å². The Morgan fingerprint density at radius 1 is 1.17 bits per heavy atom. The minimum atomic E-state index is -0.751. The Balaban J connectivity index is 1.43. The Labute approximate surface area is 214 Å². The van der Waals surface area contributed by atoms with Crippen molar-refractivity contribution in [2.45, 2.75) is 83.5 Å². The molecular formula is C28H42N4O4. The second kappa shape index (κ2) is 11.0. The summed E-state index contributed by atoms with van der Waals surface area (Å²) < 4.78 is 5.53. The number of nitrogens with one attached hydrogen (secondary N) is 1. The molecule has 36 heavy (non-hydrogen) atoms. The van der Waals surface area contributed by atoms with Gasteiger partial charge in [0.15, 0.2) is 5.78 Å². The summed E-state index contributed by atoms with van der Waals surface area (Å²) in [5.41, 5.74) is 7.76. The van der Waals surface area contributed by atoms with E-state index in [9.17, 15) is 14.4 Å². The van der Waals surface area contributed by atoms with Crippen LogP contribution in [0.3, 0.4) is 0 Å². The first kappa shape index (κ1) is 26.8. The fraction of sp³-hybridized carbons (Fsp3) is 0.679. The molecule has 0 radical (unpaired) electrons. The van der Waals surface area contributed by atoms with Gasteiger partial charge in [-0.2, -0.15) is 0 Å². The van der Waals surface area contributed by atoms with Crippen molar-refractivity contribution in [3.05, 3.63) is 35.4 Å². The van der Waals surface area contributed by atoms with E-state index in [1.165, 1.54) is 16.9 Å². The van der Waals surface area contributed by atoms with Crippen LogP contribution in [-0.4, -0.2) is 84.4 Å². The minimum Gasteiger partial charge on any atom is -0.366 e. The lowest BCUT2D eigenvalue weighted by Crippen LogP contribution is -2.53. The van der Waals surface area contributed by atoms with Gasteiger partial charge in [-0.15, -0.1) is 0 Å². The summed E-state index contributed by atoms with van der Waals surface area (Å²) in [4.78, 5) is 43.3. The summed E-state index contributed by atoms with van der Waals surface area (Å²) in [6.45, 7) is 11.9. The average Bonchev–Trinajstić information content (AvgIpc) is 3.38. The summed E-state index contributed by atoms with van der Waals surface area (Å²) >= 11 is 0. The average molecular weight is 499 g/mol. The fourth-order valence-electron chi connectivity index (χ4n) is 5.89. The van der Waals surface area contributed by atoms with Gasteiger partial charge in [0, 0.05) is 12.1 Å². The number of nitrogens with zero attached hydrogens (tertiary/aromatic N) is 2. The third-order valence-electron chi connectivity index (χ3n) is 7.70. The van der Waals surface area contributed by atoms with Gasteiger partial charge in [-0.05, 0) is 74.3 Å². The van der Waals surface area contributed by atoms with E-state index in [0.717, 1.165) is 32.5 Å². The summed E-state index contributed by atoms with van der Waals surface area (Å²) in [6, 6.07) is 6.00. The van der Waals surface area contributed by atoms with Crippen molar-refractivity contribution in [3.8, 4) is 0 Å². The van der Waals surface area contributed by atoms with E-state index in [1.807, 2.05) is 45.0 Å². The van der Waals surface area contributed by atoms with Crippen molar-refractivity contribution in [2.75, 3.05) is 32.8 Å². The Morgan fingerprint density at radius 3 is 2.44 bits per heavy atom. The Morgan fingerprint density at radius 2 is 1.83 bits per heavy atom. The summed E-state index contributed by atoms with van der Waals surface area (Å²) in [5, 5.41) is 2.97. The number of piperidine rings is 1. The van der Waals surface area contributed by atoms with Gasteiger partial charge in [0.25, 0.3) is 5.91 Å². The smallest absolute Gasteiger partial charge is 0.251 e. The van der Waals surface area contributed by atoms with Gasteiger partial charge in [0.1, 0.15) is 24.8 Å². The third kappa shape index (κ3) is 5.98. The van der Waals surface area contributed by atoms with Crippen molar-refractivity contribution in [3.63, 3.8) is 0 Å². The van der Waals surface area contributed by atoms with Crippen LogP contribution in [-0.2, 0) is 14.3 Å². The first-order valence-electron chi connectivity index (χ1n) is 13.4. The molecule has 3 aliphatic rings. The largest absolute Gasteiger partial charge is 0.366 e. The van der Waals surface area contributed by atoms with Crippen LogP contribution in [0.15, 0.2) is 24.3 Å². The number of fused-ring (bicyclic) bond motifs is 1. The van der Waals surface area contributed by atoms with E-state index >= 15 is 0 Å². The molecule has 1 unspecified atom stereocenters. The monoisotopic (exact) mass is 498 g/mol. The van der Waals surface area contributed by atoms with Gasteiger partial charge in [-0.25, -0.2) is 0 Å². The molecule has 4 atom stereocenters. The topological polar surface area (TPSA) is 105 Å². The number of carbonyl (C=O) groups is 3. The normalized spacial score (nSPS) is 26.2. The van der Waals surface area contributed by atoms with E-state index in [0.29, 0.717) is 17.9 Å². The van der Waals surface area contributed by atoms with E-state index in [4.69, 9.17) is 10.5 Å². The van der Waals surface area contributed by atoms with Gasteiger partial charge >= 0.3 is 0 Å². The third-order valence-corrected chi connectivity index (χ3v) is 7.70. The molecular weight excluding hydrogens is 456 g/mol. The van der Waals surface area contributed by atoms with Gasteiger partial charge in [0.2, 0.25) is 5.91 Å². The fourth-order valence-corrected chi connectivity index (χ4v) is 5.89. The second-order valence-corrected chi connectivity index (χ2v) is 11.9. The molecule has 3 saturated heterocycles. The number of hydrogen-bond donors (Lipinski definition) is 2. The van der Waals surface area contributed by atoms with Crippen LogP contribution in [0, 0.1) is 5.41 Å². The standard InChI is InChI=1S/C28H42N4O4/c1-5-12-31-13-10-19(11-14-31)18-6-8-20(9-7-18)26(34)30-22(15-28(2,3)4)27(35)32-16-21(29)25-24(32)23(33)17-36-25/h6-9,19,21-22,24-25H,5,10-17,29H2,1-4H3,(H,30,34)/t21-,22?,24+,25+/m0/s1. The predicted molar refractivity (Wildman–Crippen MR) is 139 cm³/mol. The number of rotatable bonds is 7. The number of Topliss-reactive ketones (excluding diaryl/α,β-unsaturated/α-hetero) is 1. The van der Waals surface area contributed by atoms with Crippen LogP contribution in [0.4, 0.5) is 0 Å². The van der Waals surface area contributed by atoms with Crippen molar-refractivity contribution < 1.29 is 19.1 Å². The predicted octanol–water partition coefficient (Wildman–Crippen LogP) is 2.32. The van der Waals surface area contributed by atoms with Crippen molar-refractivity contribution in [2.24, 2.45) is 11.1 Å². The molecule has 0 aromatic heterocycles. The molecule has 0 aliphatic carbocycles. The molecule has 1 aromatic carbocycles. The summed E-state index contributed by atoms with van der Waals surface area (Å²) in [6.07, 6.45) is 3.44. The van der Waals surface area contributed by atoms with Gasteiger partial charge < -0.3 is 25.6 Å². The zero-order valence-corrected chi connectivity index (χ0v) is 22.2.